The predicted octanol–water partition coefficient (Wildman–Crippen LogP) is 4.23. The number of nitrogens with zero attached hydrogens (tertiary/aromatic N) is 3. The van der Waals surface area contributed by atoms with E-state index in [0.717, 1.165) is 24.4 Å². The molecule has 146 valence electrons. The summed E-state index contributed by atoms with van der Waals surface area (Å²) in [6, 6.07) is 12.2. The molecular weight excluding hydrogens is 372 g/mol. The van der Waals surface area contributed by atoms with Crippen LogP contribution in [0.5, 0.6) is 0 Å². The molecule has 2 heterocycles. The number of carbonyl (C=O) groups is 1. The normalized spacial score (nSPS) is 17.1. The van der Waals surface area contributed by atoms with Crippen LogP contribution in [0.4, 0.5) is 0 Å². The largest absolute Gasteiger partial charge is 0.461 e. The van der Waals surface area contributed by atoms with Crippen LogP contribution in [0.25, 0.3) is 11.6 Å². The molecule has 7 heteroatoms. The molecular formula is C21H24N4O2S. The number of aromatic nitrogens is 3. The van der Waals surface area contributed by atoms with Crippen molar-refractivity contribution in [3.8, 4) is 11.6 Å². The van der Waals surface area contributed by atoms with Crippen LogP contribution in [0.2, 0.25) is 0 Å². The lowest BCUT2D eigenvalue weighted by Gasteiger charge is -2.27. The maximum atomic E-state index is 12.9. The first-order valence-corrected chi connectivity index (χ1v) is 10.6. The monoisotopic (exact) mass is 396 g/mol. The van der Waals surface area contributed by atoms with Gasteiger partial charge in [-0.1, -0.05) is 36.0 Å². The Bertz CT molecular complexity index is 951. The zero-order chi connectivity index (χ0) is 19.5. The van der Waals surface area contributed by atoms with Crippen molar-refractivity contribution in [3.63, 3.8) is 0 Å². The Labute approximate surface area is 168 Å². The van der Waals surface area contributed by atoms with E-state index in [1.54, 1.807) is 6.26 Å². The van der Waals surface area contributed by atoms with Crippen LogP contribution in [-0.2, 0) is 17.8 Å². The number of nitrogens with one attached hydrogen (secondary N) is 1. The van der Waals surface area contributed by atoms with Gasteiger partial charge in [0.1, 0.15) is 0 Å². The van der Waals surface area contributed by atoms with E-state index in [0.29, 0.717) is 18.1 Å². The molecule has 6 nitrogen and oxygen atoms in total. The first kappa shape index (κ1) is 18.8. The van der Waals surface area contributed by atoms with E-state index in [2.05, 4.69) is 33.7 Å². The SMILES string of the molecule is CCn1c(S[C@@H](C)C(=O)N[C@H]2CCCc3ccccc32)nnc1-c1ccco1. The summed E-state index contributed by atoms with van der Waals surface area (Å²) < 4.78 is 7.43. The number of thioether (sulfide) groups is 1. The highest BCUT2D eigenvalue weighted by atomic mass is 32.2. The van der Waals surface area contributed by atoms with Gasteiger partial charge in [0.2, 0.25) is 5.91 Å². The van der Waals surface area contributed by atoms with Crippen LogP contribution in [0.15, 0.2) is 52.2 Å². The summed E-state index contributed by atoms with van der Waals surface area (Å²) in [5.41, 5.74) is 2.59. The molecule has 0 bridgehead atoms. The molecule has 3 aromatic rings. The van der Waals surface area contributed by atoms with Gasteiger partial charge in [-0.15, -0.1) is 10.2 Å². The van der Waals surface area contributed by atoms with Crippen molar-refractivity contribution in [1.29, 1.82) is 0 Å². The molecule has 0 aliphatic heterocycles. The van der Waals surface area contributed by atoms with Crippen molar-refractivity contribution in [1.82, 2.24) is 20.1 Å². The number of aryl methyl sites for hydroxylation is 1. The minimum absolute atomic E-state index is 0.0249. The number of hydrogen-bond acceptors (Lipinski definition) is 5. The van der Waals surface area contributed by atoms with Crippen LogP contribution < -0.4 is 5.32 Å². The highest BCUT2D eigenvalue weighted by Crippen LogP contribution is 2.31. The van der Waals surface area contributed by atoms with Gasteiger partial charge in [0.15, 0.2) is 16.7 Å². The van der Waals surface area contributed by atoms with Gasteiger partial charge in [-0.05, 0) is 56.4 Å². The second-order valence-corrected chi connectivity index (χ2v) is 8.25. The maximum absolute atomic E-state index is 12.9. The van der Waals surface area contributed by atoms with Gasteiger partial charge in [-0.3, -0.25) is 9.36 Å². The molecule has 0 radical (unpaired) electrons. The summed E-state index contributed by atoms with van der Waals surface area (Å²) in [5.74, 6) is 1.39. The predicted molar refractivity (Wildman–Crippen MR) is 109 cm³/mol. The molecule has 0 saturated heterocycles. The molecule has 1 aliphatic rings. The molecule has 2 aromatic heterocycles. The highest BCUT2D eigenvalue weighted by molar-refractivity contribution is 8.00. The van der Waals surface area contributed by atoms with Gasteiger partial charge in [0.05, 0.1) is 17.6 Å². The van der Waals surface area contributed by atoms with E-state index < -0.39 is 0 Å². The maximum Gasteiger partial charge on any atom is 0.233 e. The quantitative estimate of drug-likeness (QED) is 0.631. The minimum atomic E-state index is -0.270. The van der Waals surface area contributed by atoms with Crippen molar-refractivity contribution in [2.45, 2.75) is 56.1 Å². The summed E-state index contributed by atoms with van der Waals surface area (Å²) in [6.45, 7) is 4.65. The van der Waals surface area contributed by atoms with E-state index in [-0.39, 0.29) is 17.2 Å². The van der Waals surface area contributed by atoms with Gasteiger partial charge in [0, 0.05) is 6.54 Å². The van der Waals surface area contributed by atoms with Crippen LogP contribution in [0.3, 0.4) is 0 Å². The number of amides is 1. The number of rotatable bonds is 6. The molecule has 0 fully saturated rings. The zero-order valence-corrected chi connectivity index (χ0v) is 16.9. The Kier molecular flexibility index (Phi) is 5.52. The molecule has 1 amide bonds. The molecule has 28 heavy (non-hydrogen) atoms. The van der Waals surface area contributed by atoms with Gasteiger partial charge in [-0.25, -0.2) is 0 Å². The standard InChI is InChI=1S/C21H24N4O2S/c1-3-25-19(18-12-7-13-27-18)23-24-21(25)28-14(2)20(26)22-17-11-6-9-15-8-4-5-10-16(15)17/h4-5,7-8,10,12-14,17H,3,6,9,11H2,1-2H3,(H,22,26)/t14-,17-/m0/s1. The summed E-state index contributed by atoms with van der Waals surface area (Å²) in [7, 11) is 0. The van der Waals surface area contributed by atoms with Crippen LogP contribution in [-0.4, -0.2) is 25.9 Å². The fourth-order valence-corrected chi connectivity index (χ4v) is 4.58. The average Bonchev–Trinajstić information content (AvgIpc) is 3.37. The highest BCUT2D eigenvalue weighted by Gasteiger charge is 2.26. The van der Waals surface area contributed by atoms with Crippen molar-refractivity contribution in [3.05, 3.63) is 53.8 Å². The number of furan rings is 1. The topological polar surface area (TPSA) is 73.0 Å². The van der Waals surface area contributed by atoms with Crippen LogP contribution >= 0.6 is 11.8 Å². The van der Waals surface area contributed by atoms with Gasteiger partial charge < -0.3 is 9.73 Å². The summed E-state index contributed by atoms with van der Waals surface area (Å²) in [6.07, 6.45) is 4.78. The lowest BCUT2D eigenvalue weighted by molar-refractivity contribution is -0.121. The summed E-state index contributed by atoms with van der Waals surface area (Å²) in [4.78, 5) is 12.9. The number of benzene rings is 1. The molecule has 1 aliphatic carbocycles. The van der Waals surface area contributed by atoms with Crippen molar-refractivity contribution in [2.75, 3.05) is 0 Å². The van der Waals surface area contributed by atoms with Gasteiger partial charge in [-0.2, -0.15) is 0 Å². The minimum Gasteiger partial charge on any atom is -0.461 e. The van der Waals surface area contributed by atoms with Crippen molar-refractivity contribution in [2.24, 2.45) is 0 Å². The number of hydrogen-bond donors (Lipinski definition) is 1. The Morgan fingerprint density at radius 3 is 2.96 bits per heavy atom. The Hall–Kier alpha value is -2.54. The van der Waals surface area contributed by atoms with E-state index >= 15 is 0 Å². The van der Waals surface area contributed by atoms with Crippen LogP contribution in [0.1, 0.15) is 43.9 Å². The Balaban J connectivity index is 1.46. The van der Waals surface area contributed by atoms with E-state index in [9.17, 15) is 4.79 Å². The molecule has 1 N–H and O–H groups in total. The molecule has 0 unspecified atom stereocenters. The van der Waals surface area contributed by atoms with E-state index in [1.807, 2.05) is 36.6 Å². The summed E-state index contributed by atoms with van der Waals surface area (Å²) in [5, 5.41) is 12.2. The molecule has 0 saturated carbocycles. The third-order valence-electron chi connectivity index (χ3n) is 5.11. The fourth-order valence-electron chi connectivity index (χ4n) is 3.65. The molecule has 1 aromatic carbocycles. The van der Waals surface area contributed by atoms with Gasteiger partial charge in [0.25, 0.3) is 0 Å². The van der Waals surface area contributed by atoms with E-state index in [1.165, 1.54) is 22.9 Å². The second-order valence-electron chi connectivity index (χ2n) is 6.94. The third-order valence-corrected chi connectivity index (χ3v) is 6.19. The number of fused-ring (bicyclic) bond motifs is 1. The fraction of sp³-hybridized carbons (Fsp3) is 0.381. The van der Waals surface area contributed by atoms with Gasteiger partial charge >= 0.3 is 0 Å². The molecule has 0 spiro atoms. The van der Waals surface area contributed by atoms with E-state index in [4.69, 9.17) is 4.42 Å². The Morgan fingerprint density at radius 2 is 2.18 bits per heavy atom. The third kappa shape index (κ3) is 3.71. The Morgan fingerprint density at radius 1 is 1.32 bits per heavy atom. The van der Waals surface area contributed by atoms with Crippen molar-refractivity contribution < 1.29 is 9.21 Å². The first-order valence-electron chi connectivity index (χ1n) is 9.69. The smallest absolute Gasteiger partial charge is 0.233 e. The number of carbonyl (C=O) groups excluding carboxylic acids is 1. The lowest BCUT2D eigenvalue weighted by Crippen LogP contribution is -2.36. The summed E-state index contributed by atoms with van der Waals surface area (Å²) >= 11 is 1.43. The van der Waals surface area contributed by atoms with Crippen LogP contribution in [0, 0.1) is 0 Å². The zero-order valence-electron chi connectivity index (χ0n) is 16.1. The average molecular weight is 397 g/mol. The van der Waals surface area contributed by atoms with Crippen molar-refractivity contribution >= 4 is 17.7 Å². The molecule has 4 rings (SSSR count). The first-order chi connectivity index (χ1) is 13.7. The second kappa shape index (κ2) is 8.22. The lowest BCUT2D eigenvalue weighted by atomic mass is 9.88. The molecule has 2 atom stereocenters.